The second-order valence-corrected chi connectivity index (χ2v) is 6.74. The zero-order valence-corrected chi connectivity index (χ0v) is 13.5. The maximum absolute atomic E-state index is 12.2. The van der Waals surface area contributed by atoms with Crippen molar-refractivity contribution in [3.05, 3.63) is 41.7 Å². The van der Waals surface area contributed by atoms with Crippen LogP contribution >= 0.6 is 11.8 Å². The first kappa shape index (κ1) is 16.4. The highest BCUT2D eigenvalue weighted by molar-refractivity contribution is 7.98. The van der Waals surface area contributed by atoms with Gasteiger partial charge in [0, 0.05) is 11.4 Å². The molecule has 0 aliphatic rings. The summed E-state index contributed by atoms with van der Waals surface area (Å²) in [6.07, 6.45) is 1.82. The number of rotatable bonds is 4. The first-order valence-corrected chi connectivity index (χ1v) is 8.90. The van der Waals surface area contributed by atoms with E-state index in [-0.39, 0.29) is 10.6 Å². The van der Waals surface area contributed by atoms with Crippen molar-refractivity contribution >= 4 is 33.4 Å². The molecule has 1 aromatic carbocycles. The number of nitrogens with one attached hydrogen (secondary N) is 1. The van der Waals surface area contributed by atoms with Gasteiger partial charge in [-0.3, -0.25) is 4.79 Å². The number of sulfonamides is 1. The SMILES string of the molecule is CSc1nc(C)cc(C(=O)Nc2ccc(S(N)(=O)=O)cc2)n1. The Kier molecular flexibility index (Phi) is 4.79. The van der Waals surface area contributed by atoms with Crippen molar-refractivity contribution in [1.82, 2.24) is 9.97 Å². The molecule has 1 heterocycles. The third kappa shape index (κ3) is 4.03. The van der Waals surface area contributed by atoms with Crippen molar-refractivity contribution in [3.8, 4) is 0 Å². The Bertz CT molecular complexity index is 805. The molecule has 0 atom stereocenters. The number of nitrogens with two attached hydrogens (primary N) is 1. The van der Waals surface area contributed by atoms with E-state index in [0.29, 0.717) is 16.5 Å². The van der Waals surface area contributed by atoms with Gasteiger partial charge in [-0.25, -0.2) is 23.5 Å². The molecule has 0 radical (unpaired) electrons. The molecule has 7 nitrogen and oxygen atoms in total. The van der Waals surface area contributed by atoms with Crippen LogP contribution in [0.2, 0.25) is 0 Å². The van der Waals surface area contributed by atoms with Gasteiger partial charge < -0.3 is 5.32 Å². The summed E-state index contributed by atoms with van der Waals surface area (Å²) in [6, 6.07) is 7.14. The third-order valence-corrected chi connectivity index (χ3v) is 4.17. The quantitative estimate of drug-likeness (QED) is 0.643. The number of thioether (sulfide) groups is 1. The molecular formula is C13H14N4O3S2. The summed E-state index contributed by atoms with van der Waals surface area (Å²) in [5, 5.41) is 8.16. The molecule has 3 N–H and O–H groups in total. The Morgan fingerprint density at radius 2 is 1.86 bits per heavy atom. The number of carbonyl (C=O) groups excluding carboxylic acids is 1. The normalized spacial score (nSPS) is 11.2. The second kappa shape index (κ2) is 6.42. The molecule has 0 saturated carbocycles. The number of hydrogen-bond donors (Lipinski definition) is 2. The molecule has 22 heavy (non-hydrogen) atoms. The summed E-state index contributed by atoms with van der Waals surface area (Å²) in [5.41, 5.74) is 1.38. The van der Waals surface area contributed by atoms with Gasteiger partial charge in [0.1, 0.15) is 5.69 Å². The van der Waals surface area contributed by atoms with E-state index in [1.54, 1.807) is 13.0 Å². The second-order valence-electron chi connectivity index (χ2n) is 4.40. The van der Waals surface area contributed by atoms with E-state index in [2.05, 4.69) is 15.3 Å². The Morgan fingerprint density at radius 1 is 1.23 bits per heavy atom. The van der Waals surface area contributed by atoms with E-state index in [1.165, 1.54) is 36.0 Å². The maximum Gasteiger partial charge on any atom is 0.274 e. The molecule has 9 heteroatoms. The first-order valence-electron chi connectivity index (χ1n) is 6.13. The molecular weight excluding hydrogens is 324 g/mol. The molecule has 0 fully saturated rings. The highest BCUT2D eigenvalue weighted by atomic mass is 32.2. The van der Waals surface area contributed by atoms with Gasteiger partial charge in [-0.05, 0) is 43.5 Å². The van der Waals surface area contributed by atoms with Crippen molar-refractivity contribution in [3.63, 3.8) is 0 Å². The minimum absolute atomic E-state index is 0.0203. The van der Waals surface area contributed by atoms with Gasteiger partial charge in [-0.15, -0.1) is 0 Å². The van der Waals surface area contributed by atoms with Crippen molar-refractivity contribution in [2.45, 2.75) is 17.0 Å². The van der Waals surface area contributed by atoms with Crippen LogP contribution in [0.15, 0.2) is 40.4 Å². The van der Waals surface area contributed by atoms with E-state index < -0.39 is 15.9 Å². The van der Waals surface area contributed by atoms with E-state index >= 15 is 0 Å². The van der Waals surface area contributed by atoms with Gasteiger partial charge in [-0.1, -0.05) is 11.8 Å². The fourth-order valence-electron chi connectivity index (χ4n) is 1.67. The molecule has 116 valence electrons. The average Bonchev–Trinajstić information content (AvgIpc) is 2.46. The first-order chi connectivity index (χ1) is 10.3. The van der Waals surface area contributed by atoms with Gasteiger partial charge in [0.05, 0.1) is 4.90 Å². The Labute approximate surface area is 132 Å². The van der Waals surface area contributed by atoms with E-state index in [9.17, 15) is 13.2 Å². The zero-order chi connectivity index (χ0) is 16.3. The summed E-state index contributed by atoms with van der Waals surface area (Å²) in [6.45, 7) is 1.78. The monoisotopic (exact) mass is 338 g/mol. The predicted octanol–water partition coefficient (Wildman–Crippen LogP) is 1.41. The Hall–Kier alpha value is -1.97. The van der Waals surface area contributed by atoms with Crippen molar-refractivity contribution < 1.29 is 13.2 Å². The lowest BCUT2D eigenvalue weighted by atomic mass is 10.3. The lowest BCUT2D eigenvalue weighted by Gasteiger charge is -2.07. The van der Waals surface area contributed by atoms with Crippen molar-refractivity contribution in [2.75, 3.05) is 11.6 Å². The zero-order valence-electron chi connectivity index (χ0n) is 11.9. The summed E-state index contributed by atoms with van der Waals surface area (Å²) in [5.74, 6) is -0.399. The van der Waals surface area contributed by atoms with Crippen LogP contribution in [0.4, 0.5) is 5.69 Å². The molecule has 0 spiro atoms. The fourth-order valence-corrected chi connectivity index (χ4v) is 2.61. The van der Waals surface area contributed by atoms with Crippen LogP contribution in [0.1, 0.15) is 16.2 Å². The Morgan fingerprint density at radius 3 is 2.41 bits per heavy atom. The minimum Gasteiger partial charge on any atom is -0.321 e. The molecule has 0 saturated heterocycles. The Balaban J connectivity index is 2.20. The third-order valence-electron chi connectivity index (χ3n) is 2.69. The summed E-state index contributed by atoms with van der Waals surface area (Å²) >= 11 is 1.34. The number of benzene rings is 1. The molecule has 0 aliphatic heterocycles. The molecule has 0 aliphatic carbocycles. The number of amides is 1. The summed E-state index contributed by atoms with van der Waals surface area (Å²) in [4.78, 5) is 20.4. The summed E-state index contributed by atoms with van der Waals surface area (Å²) < 4.78 is 22.3. The average molecular weight is 338 g/mol. The van der Waals surface area contributed by atoms with Gasteiger partial charge in [0.2, 0.25) is 10.0 Å². The predicted molar refractivity (Wildman–Crippen MR) is 84.3 cm³/mol. The van der Waals surface area contributed by atoms with E-state index in [0.717, 1.165) is 0 Å². The maximum atomic E-state index is 12.2. The van der Waals surface area contributed by atoms with Gasteiger partial charge in [-0.2, -0.15) is 0 Å². The van der Waals surface area contributed by atoms with Crippen LogP contribution in [-0.4, -0.2) is 30.5 Å². The van der Waals surface area contributed by atoms with Crippen LogP contribution in [-0.2, 0) is 10.0 Å². The number of nitrogens with zero attached hydrogens (tertiary/aromatic N) is 2. The van der Waals surface area contributed by atoms with Crippen LogP contribution < -0.4 is 10.5 Å². The van der Waals surface area contributed by atoms with Gasteiger partial charge in [0.15, 0.2) is 5.16 Å². The number of primary sulfonamides is 1. The largest absolute Gasteiger partial charge is 0.321 e. The topological polar surface area (TPSA) is 115 Å². The van der Waals surface area contributed by atoms with Crippen LogP contribution in [0.25, 0.3) is 0 Å². The molecule has 2 rings (SSSR count). The van der Waals surface area contributed by atoms with Gasteiger partial charge >= 0.3 is 0 Å². The van der Waals surface area contributed by atoms with Crippen LogP contribution in [0.3, 0.4) is 0 Å². The highest BCUT2D eigenvalue weighted by Crippen LogP contribution is 2.15. The van der Waals surface area contributed by atoms with E-state index in [1.807, 2.05) is 6.26 Å². The van der Waals surface area contributed by atoms with Gasteiger partial charge in [0.25, 0.3) is 5.91 Å². The molecule has 1 amide bonds. The molecule has 0 unspecified atom stereocenters. The lowest BCUT2D eigenvalue weighted by Crippen LogP contribution is -2.15. The van der Waals surface area contributed by atoms with Crippen molar-refractivity contribution in [1.29, 1.82) is 0 Å². The van der Waals surface area contributed by atoms with Crippen molar-refractivity contribution in [2.24, 2.45) is 5.14 Å². The smallest absolute Gasteiger partial charge is 0.274 e. The lowest BCUT2D eigenvalue weighted by molar-refractivity contribution is 0.102. The highest BCUT2D eigenvalue weighted by Gasteiger charge is 2.12. The van der Waals surface area contributed by atoms with Crippen LogP contribution in [0, 0.1) is 6.92 Å². The minimum atomic E-state index is -3.75. The number of hydrogen-bond acceptors (Lipinski definition) is 6. The molecule has 2 aromatic rings. The summed E-state index contributed by atoms with van der Waals surface area (Å²) in [7, 11) is -3.75. The standard InChI is InChI=1S/C13H14N4O3S2/c1-8-7-11(17-13(15-8)21-2)12(18)16-9-3-5-10(6-4-9)22(14,19)20/h3-7H,1-2H3,(H,16,18)(H2,14,19,20). The number of aromatic nitrogens is 2. The number of aryl methyl sites for hydroxylation is 1. The molecule has 1 aromatic heterocycles. The molecule has 0 bridgehead atoms. The fraction of sp³-hybridized carbons (Fsp3) is 0.154. The number of anilines is 1. The van der Waals surface area contributed by atoms with E-state index in [4.69, 9.17) is 5.14 Å². The van der Waals surface area contributed by atoms with Crippen LogP contribution in [0.5, 0.6) is 0 Å². The number of carbonyl (C=O) groups is 1.